The van der Waals surface area contributed by atoms with Crippen molar-refractivity contribution in [3.8, 4) is 23.0 Å². The molecule has 0 bridgehead atoms. The molecule has 2 aliphatic rings. The van der Waals surface area contributed by atoms with E-state index >= 15 is 0 Å². The van der Waals surface area contributed by atoms with Crippen molar-refractivity contribution < 1.29 is 27.0 Å². The summed E-state index contributed by atoms with van der Waals surface area (Å²) in [5.41, 5.74) is 2.13. The van der Waals surface area contributed by atoms with Gasteiger partial charge in [0.2, 0.25) is 15.9 Å². The molecule has 1 saturated heterocycles. The Labute approximate surface area is 236 Å². The highest BCUT2D eigenvalue weighted by molar-refractivity contribution is 7.89. The summed E-state index contributed by atoms with van der Waals surface area (Å²) in [5, 5.41) is 7.79. The summed E-state index contributed by atoms with van der Waals surface area (Å²) in [6.07, 6.45) is 3.88. The first-order valence-electron chi connectivity index (χ1n) is 13.1. The molecule has 40 heavy (non-hydrogen) atoms. The zero-order valence-electron chi connectivity index (χ0n) is 22.8. The molecular formula is C27H31N5O6S2. The van der Waals surface area contributed by atoms with Crippen molar-refractivity contribution in [2.24, 2.45) is 5.10 Å². The number of aromatic nitrogens is 3. The molecule has 3 aromatic heterocycles. The summed E-state index contributed by atoms with van der Waals surface area (Å²) in [6, 6.07) is 5.57. The highest BCUT2D eigenvalue weighted by Gasteiger charge is 2.31. The monoisotopic (exact) mass is 585 g/mol. The van der Waals surface area contributed by atoms with Crippen LogP contribution in [0.2, 0.25) is 0 Å². The Morgan fingerprint density at radius 3 is 2.62 bits per heavy atom. The first-order chi connectivity index (χ1) is 19.2. The second-order valence-corrected chi connectivity index (χ2v) is 13.5. The summed E-state index contributed by atoms with van der Waals surface area (Å²) in [4.78, 5) is 9.48. The second kappa shape index (κ2) is 10.5. The van der Waals surface area contributed by atoms with Gasteiger partial charge in [0, 0.05) is 36.5 Å². The van der Waals surface area contributed by atoms with Crippen LogP contribution in [0, 0.1) is 0 Å². The number of methoxy groups -OCH3 is 2. The molecule has 11 nitrogen and oxygen atoms in total. The minimum absolute atomic E-state index is 0.248. The van der Waals surface area contributed by atoms with Gasteiger partial charge >= 0.3 is 0 Å². The molecule has 2 aliphatic heterocycles. The van der Waals surface area contributed by atoms with Gasteiger partial charge in [-0.2, -0.15) is 0 Å². The highest BCUT2D eigenvalue weighted by Crippen LogP contribution is 2.38. The molecule has 0 radical (unpaired) electrons. The normalized spacial score (nSPS) is 16.5. The van der Waals surface area contributed by atoms with E-state index in [4.69, 9.17) is 23.6 Å². The summed E-state index contributed by atoms with van der Waals surface area (Å²) in [6.45, 7) is 4.80. The molecule has 0 atom stereocenters. The van der Waals surface area contributed by atoms with E-state index < -0.39 is 15.3 Å². The number of thiazole rings is 1. The molecule has 0 unspecified atom stereocenters. The quantitative estimate of drug-likeness (QED) is 0.294. The van der Waals surface area contributed by atoms with Crippen molar-refractivity contribution in [2.75, 3.05) is 27.3 Å². The van der Waals surface area contributed by atoms with E-state index in [2.05, 4.69) is 10.1 Å². The second-order valence-electron chi connectivity index (χ2n) is 10.1. The fourth-order valence-electron chi connectivity index (χ4n) is 4.97. The zero-order chi connectivity index (χ0) is 28.0. The lowest BCUT2D eigenvalue weighted by molar-refractivity contribution is 0.300. The summed E-state index contributed by atoms with van der Waals surface area (Å²) in [7, 11) is -0.0222. The maximum absolute atomic E-state index is 12.5. The van der Waals surface area contributed by atoms with E-state index in [0.717, 1.165) is 34.8 Å². The van der Waals surface area contributed by atoms with Crippen molar-refractivity contribution in [2.45, 2.75) is 50.9 Å². The third-order valence-electron chi connectivity index (χ3n) is 7.29. The van der Waals surface area contributed by atoms with E-state index in [9.17, 15) is 8.42 Å². The maximum Gasteiger partial charge on any atom is 0.216 e. The molecule has 0 N–H and O–H groups in total. The average molecular weight is 586 g/mol. The van der Waals surface area contributed by atoms with Crippen LogP contribution < -0.4 is 9.47 Å². The first-order valence-corrected chi connectivity index (χ1v) is 15.5. The number of imidazole rings is 1. The third-order valence-corrected chi connectivity index (χ3v) is 10.6. The Morgan fingerprint density at radius 2 is 1.93 bits per heavy atom. The molecule has 0 saturated carbocycles. The lowest BCUT2D eigenvalue weighted by Crippen LogP contribution is -2.41. The van der Waals surface area contributed by atoms with Crippen LogP contribution in [0.1, 0.15) is 49.1 Å². The zero-order valence-corrected chi connectivity index (χ0v) is 24.4. The lowest BCUT2D eigenvalue weighted by Gasteiger charge is -2.31. The SMILES string of the molecule is COC1=Nn2cc(-c3cc4c(OCc5csc(C6CCN(S(=O)(=O)C(C)C)CC6)n5)cc(OC)cc4o3)nc2C1. The number of fused-ring (bicyclic) bond motifs is 2. The smallest absolute Gasteiger partial charge is 0.216 e. The van der Waals surface area contributed by atoms with Gasteiger partial charge in [-0.05, 0) is 32.8 Å². The van der Waals surface area contributed by atoms with E-state index in [-0.39, 0.29) is 12.5 Å². The number of sulfonamides is 1. The molecule has 1 aromatic carbocycles. The van der Waals surface area contributed by atoms with Crippen LogP contribution in [0.5, 0.6) is 11.5 Å². The number of benzene rings is 1. The van der Waals surface area contributed by atoms with Crippen molar-refractivity contribution in [3.63, 3.8) is 0 Å². The molecule has 5 heterocycles. The Bertz CT molecular complexity index is 1680. The van der Waals surface area contributed by atoms with Crippen molar-refractivity contribution in [1.29, 1.82) is 0 Å². The van der Waals surface area contributed by atoms with Crippen molar-refractivity contribution >= 4 is 38.2 Å². The molecule has 212 valence electrons. The largest absolute Gasteiger partial charge is 0.496 e. The van der Waals surface area contributed by atoms with E-state index in [1.807, 2.05) is 29.8 Å². The number of nitrogens with zero attached hydrogens (tertiary/aromatic N) is 5. The molecule has 0 spiro atoms. The molecule has 13 heteroatoms. The van der Waals surface area contributed by atoms with E-state index in [0.29, 0.717) is 53.9 Å². The molecule has 1 fully saturated rings. The average Bonchev–Trinajstić information content (AvgIpc) is 3.74. The fourth-order valence-corrected chi connectivity index (χ4v) is 7.26. The van der Waals surface area contributed by atoms with Crippen LogP contribution in [0.15, 0.2) is 39.3 Å². The minimum Gasteiger partial charge on any atom is -0.496 e. The third kappa shape index (κ3) is 4.97. The van der Waals surface area contributed by atoms with Crippen LogP contribution in [0.25, 0.3) is 22.4 Å². The standard InChI is InChI=1S/C27H31N5O6S2/c1-16(2)40(33,34)31-7-5-17(6-8-31)27-28-18(15-39-27)14-37-22-9-19(35-3)10-23-20(22)11-24(38-23)21-13-32-25(29-21)12-26(30-32)36-4/h9-11,13,15-17H,5-8,12,14H2,1-4H3. The predicted octanol–water partition coefficient (Wildman–Crippen LogP) is 4.62. The number of rotatable bonds is 8. The number of piperidine rings is 1. The number of hydrogen-bond donors (Lipinski definition) is 0. The number of ether oxygens (including phenoxy) is 3. The Hall–Kier alpha value is -3.42. The van der Waals surface area contributed by atoms with Gasteiger partial charge in [0.05, 0.1) is 48.2 Å². The lowest BCUT2D eigenvalue weighted by atomic mass is 9.99. The van der Waals surface area contributed by atoms with Gasteiger partial charge < -0.3 is 18.6 Å². The molecule has 6 rings (SSSR count). The molecule has 0 aliphatic carbocycles. The van der Waals surface area contributed by atoms with Crippen LogP contribution in [-0.2, 0) is 27.8 Å². The van der Waals surface area contributed by atoms with Gasteiger partial charge in [0.1, 0.15) is 35.2 Å². The number of furan rings is 1. The minimum atomic E-state index is -3.22. The maximum atomic E-state index is 12.5. The molecular weight excluding hydrogens is 554 g/mol. The molecule has 0 amide bonds. The summed E-state index contributed by atoms with van der Waals surface area (Å²) >= 11 is 1.60. The molecule has 4 aromatic rings. The topological polar surface area (TPSA) is 121 Å². The fraction of sp³-hybridized carbons (Fsp3) is 0.444. The highest BCUT2D eigenvalue weighted by atomic mass is 32.2. The van der Waals surface area contributed by atoms with E-state index in [1.165, 1.54) is 0 Å². The van der Waals surface area contributed by atoms with Crippen molar-refractivity contribution in [3.05, 3.63) is 46.3 Å². The van der Waals surface area contributed by atoms with Gasteiger partial charge in [0.25, 0.3) is 0 Å². The number of hydrogen-bond acceptors (Lipinski definition) is 10. The Balaban J connectivity index is 1.16. The summed E-state index contributed by atoms with van der Waals surface area (Å²) < 4.78 is 51.4. The van der Waals surface area contributed by atoms with Crippen LogP contribution in [-0.4, -0.2) is 65.8 Å². The van der Waals surface area contributed by atoms with E-state index in [1.54, 1.807) is 48.4 Å². The van der Waals surface area contributed by atoms with Gasteiger partial charge in [-0.3, -0.25) is 0 Å². The Kier molecular flexibility index (Phi) is 7.05. The van der Waals surface area contributed by atoms with Crippen LogP contribution in [0.4, 0.5) is 0 Å². The van der Waals surface area contributed by atoms with Crippen molar-refractivity contribution in [1.82, 2.24) is 18.9 Å². The van der Waals surface area contributed by atoms with Crippen LogP contribution in [0.3, 0.4) is 0 Å². The first kappa shape index (κ1) is 26.8. The van der Waals surface area contributed by atoms with Gasteiger partial charge in [-0.25, -0.2) is 27.4 Å². The predicted molar refractivity (Wildman–Crippen MR) is 152 cm³/mol. The van der Waals surface area contributed by atoms with Gasteiger partial charge in [-0.1, -0.05) is 0 Å². The Morgan fingerprint density at radius 1 is 1.12 bits per heavy atom. The van der Waals surface area contributed by atoms with Crippen LogP contribution >= 0.6 is 11.3 Å². The summed E-state index contributed by atoms with van der Waals surface area (Å²) in [5.74, 6) is 3.50. The van der Waals surface area contributed by atoms with Gasteiger partial charge in [-0.15, -0.1) is 16.4 Å². The van der Waals surface area contributed by atoms with Gasteiger partial charge in [0.15, 0.2) is 5.76 Å².